The molecular formula is C31H33F3N4O. The van der Waals surface area contributed by atoms with Crippen LogP contribution in [0.3, 0.4) is 0 Å². The van der Waals surface area contributed by atoms with Crippen LogP contribution in [0.1, 0.15) is 61.9 Å². The van der Waals surface area contributed by atoms with E-state index in [4.69, 9.17) is 4.74 Å². The molecule has 2 aromatic carbocycles. The fraction of sp³-hybridized carbons (Fsp3) is 0.516. The lowest BCUT2D eigenvalue weighted by Gasteiger charge is -2.73. The number of hydrogen-bond donors (Lipinski definition) is 1. The Morgan fingerprint density at radius 2 is 1.90 bits per heavy atom. The van der Waals surface area contributed by atoms with Gasteiger partial charge in [-0.25, -0.2) is 8.78 Å². The van der Waals surface area contributed by atoms with Crippen molar-refractivity contribution in [3.8, 4) is 11.8 Å². The van der Waals surface area contributed by atoms with E-state index >= 15 is 8.78 Å². The van der Waals surface area contributed by atoms with Gasteiger partial charge >= 0.3 is 0 Å². The van der Waals surface area contributed by atoms with Crippen molar-refractivity contribution in [2.24, 2.45) is 5.41 Å². The quantitative estimate of drug-likeness (QED) is 0.402. The lowest BCUT2D eigenvalue weighted by molar-refractivity contribution is -0.212. The van der Waals surface area contributed by atoms with Crippen LogP contribution in [0.15, 0.2) is 36.4 Å². The third-order valence-corrected chi connectivity index (χ3v) is 9.63. The molecule has 1 saturated heterocycles. The molecule has 8 heteroatoms. The number of nitrogens with zero attached hydrogens (tertiary/aromatic N) is 3. The molecule has 4 fully saturated rings. The molecule has 5 aliphatic rings. The molecule has 2 aliphatic heterocycles. The Morgan fingerprint density at radius 1 is 1.15 bits per heavy atom. The average Bonchev–Trinajstić information content (AvgIpc) is 3.46. The molecule has 2 bridgehead atoms. The van der Waals surface area contributed by atoms with E-state index in [1.54, 1.807) is 0 Å². The van der Waals surface area contributed by atoms with Gasteiger partial charge in [-0.2, -0.15) is 5.26 Å². The van der Waals surface area contributed by atoms with Crippen LogP contribution in [0.5, 0.6) is 5.75 Å². The van der Waals surface area contributed by atoms with Gasteiger partial charge in [0.15, 0.2) is 0 Å². The maximum Gasteiger partial charge on any atom is 0.135 e. The summed E-state index contributed by atoms with van der Waals surface area (Å²) in [5, 5.41) is 10.8. The number of halogens is 3. The molecule has 0 spiro atoms. The number of rotatable bonds is 7. The van der Waals surface area contributed by atoms with Crippen molar-refractivity contribution in [3.05, 3.63) is 64.9 Å². The standard InChI is InChI=1S/C31H33F3N4O/c1-19-11-23-22-5-2-3-6-26(22)36-28(23)29(38(19)31-15-30(16-31,17-31)18-35)27-24(33)12-21(13-25(27)34)39-20-7-10-37(14-20)9-4-8-32/h2-3,5-6,12-13,19-20,29,36H,4,7-11,14-17H2,1H3/t19-,20-,29-,30?,31?/m1/s1. The molecule has 3 saturated carbocycles. The first-order valence-corrected chi connectivity index (χ1v) is 14.1. The largest absolute Gasteiger partial charge is 0.489 e. The highest BCUT2D eigenvalue weighted by Crippen LogP contribution is 2.72. The summed E-state index contributed by atoms with van der Waals surface area (Å²) in [6.07, 6.45) is 4.07. The Kier molecular flexibility index (Phi) is 5.77. The zero-order valence-corrected chi connectivity index (χ0v) is 22.2. The van der Waals surface area contributed by atoms with Gasteiger partial charge in [0, 0.05) is 65.5 Å². The van der Waals surface area contributed by atoms with E-state index in [-0.39, 0.29) is 41.1 Å². The van der Waals surface area contributed by atoms with Gasteiger partial charge in [0.25, 0.3) is 0 Å². The van der Waals surface area contributed by atoms with Gasteiger partial charge in [-0.15, -0.1) is 0 Å². The van der Waals surface area contributed by atoms with Crippen molar-refractivity contribution in [2.45, 2.75) is 69.2 Å². The molecule has 3 heterocycles. The number of aromatic nitrogens is 1. The summed E-state index contributed by atoms with van der Waals surface area (Å²) in [5.41, 5.74) is 2.46. The number of fused-ring (bicyclic) bond motifs is 3. The van der Waals surface area contributed by atoms with E-state index in [9.17, 15) is 9.65 Å². The van der Waals surface area contributed by atoms with Crippen LogP contribution in [0.25, 0.3) is 10.9 Å². The zero-order chi connectivity index (χ0) is 26.9. The molecule has 3 aliphatic carbocycles. The molecule has 1 N–H and O–H groups in total. The number of benzene rings is 2. The summed E-state index contributed by atoms with van der Waals surface area (Å²) >= 11 is 0. The van der Waals surface area contributed by atoms with Crippen LogP contribution in [0.4, 0.5) is 13.2 Å². The van der Waals surface area contributed by atoms with Crippen molar-refractivity contribution >= 4 is 10.9 Å². The van der Waals surface area contributed by atoms with Crippen LogP contribution in [-0.2, 0) is 6.42 Å². The van der Waals surface area contributed by atoms with Gasteiger partial charge in [-0.3, -0.25) is 14.2 Å². The number of nitriles is 1. The molecule has 0 radical (unpaired) electrons. The lowest BCUT2D eigenvalue weighted by atomic mass is 9.39. The second kappa shape index (κ2) is 9.00. The molecule has 8 rings (SSSR count). The number of likely N-dealkylation sites (tertiary alicyclic amines) is 1. The fourth-order valence-electron chi connectivity index (χ4n) is 8.08. The minimum atomic E-state index is -0.620. The minimum Gasteiger partial charge on any atom is -0.489 e. The lowest BCUT2D eigenvalue weighted by Crippen LogP contribution is -2.76. The van der Waals surface area contributed by atoms with Gasteiger partial charge in [0.1, 0.15) is 23.5 Å². The number of ether oxygens (including phenoxy) is 1. The molecular weight excluding hydrogens is 501 g/mol. The summed E-state index contributed by atoms with van der Waals surface area (Å²) < 4.78 is 50.7. The fourth-order valence-corrected chi connectivity index (χ4v) is 8.08. The van der Waals surface area contributed by atoms with Crippen molar-refractivity contribution in [1.29, 1.82) is 5.26 Å². The smallest absolute Gasteiger partial charge is 0.135 e. The van der Waals surface area contributed by atoms with E-state index in [1.807, 2.05) is 18.2 Å². The van der Waals surface area contributed by atoms with E-state index in [2.05, 4.69) is 33.8 Å². The third kappa shape index (κ3) is 3.81. The average molecular weight is 535 g/mol. The SMILES string of the molecule is C[C@@H]1Cc2c([nH]c3ccccc23)[C@@H](c2c(F)cc(O[C@@H]3CCN(CCCF)C3)cc2F)N1C12CC(C#N)(C1)C2. The molecule has 0 unspecified atom stereocenters. The Balaban J connectivity index is 1.25. The predicted octanol–water partition coefficient (Wildman–Crippen LogP) is 6.04. The van der Waals surface area contributed by atoms with E-state index < -0.39 is 17.7 Å². The monoisotopic (exact) mass is 534 g/mol. The summed E-state index contributed by atoms with van der Waals surface area (Å²) in [6, 6.07) is 12.6. The van der Waals surface area contributed by atoms with Gasteiger partial charge < -0.3 is 9.72 Å². The van der Waals surface area contributed by atoms with E-state index in [0.717, 1.165) is 60.8 Å². The predicted molar refractivity (Wildman–Crippen MR) is 142 cm³/mol. The zero-order valence-electron chi connectivity index (χ0n) is 22.2. The number of para-hydroxylation sites is 1. The molecule has 5 nitrogen and oxygen atoms in total. The first-order chi connectivity index (χ1) is 18.9. The summed E-state index contributed by atoms with van der Waals surface area (Å²) in [4.78, 5) is 7.95. The van der Waals surface area contributed by atoms with Crippen LogP contribution >= 0.6 is 0 Å². The normalized spacial score (nSPS) is 31.9. The third-order valence-electron chi connectivity index (χ3n) is 9.63. The Labute approximate surface area is 226 Å². The van der Waals surface area contributed by atoms with Crippen molar-refractivity contribution in [1.82, 2.24) is 14.8 Å². The highest BCUT2D eigenvalue weighted by Gasteiger charge is 2.72. The number of H-pyrrole nitrogens is 1. The summed E-state index contributed by atoms with van der Waals surface area (Å²) in [6.45, 7) is 3.86. The van der Waals surface area contributed by atoms with Gasteiger partial charge in [-0.1, -0.05) is 18.2 Å². The number of aromatic amines is 1. The molecule has 3 aromatic rings. The summed E-state index contributed by atoms with van der Waals surface area (Å²) in [7, 11) is 0. The van der Waals surface area contributed by atoms with Crippen molar-refractivity contribution < 1.29 is 17.9 Å². The maximum atomic E-state index is 16.1. The van der Waals surface area contributed by atoms with E-state index in [0.29, 0.717) is 19.5 Å². The Bertz CT molecular complexity index is 1440. The number of alkyl halides is 1. The highest BCUT2D eigenvalue weighted by molar-refractivity contribution is 5.85. The molecule has 204 valence electrons. The Morgan fingerprint density at radius 3 is 2.62 bits per heavy atom. The molecule has 0 amide bonds. The molecule has 1 aromatic heterocycles. The number of hydrogen-bond acceptors (Lipinski definition) is 4. The Hall–Kier alpha value is -3.02. The van der Waals surface area contributed by atoms with Crippen LogP contribution < -0.4 is 4.74 Å². The van der Waals surface area contributed by atoms with Gasteiger partial charge in [-0.05, 0) is 57.1 Å². The first-order valence-electron chi connectivity index (χ1n) is 14.1. The first kappa shape index (κ1) is 25.0. The van der Waals surface area contributed by atoms with Crippen LogP contribution in [0.2, 0.25) is 0 Å². The van der Waals surface area contributed by atoms with Gasteiger partial charge in [0.05, 0.1) is 24.2 Å². The van der Waals surface area contributed by atoms with Crippen molar-refractivity contribution in [3.63, 3.8) is 0 Å². The molecule has 3 atom stereocenters. The second-order valence-electron chi connectivity index (χ2n) is 12.2. The topological polar surface area (TPSA) is 55.3 Å². The highest BCUT2D eigenvalue weighted by atomic mass is 19.1. The van der Waals surface area contributed by atoms with Crippen molar-refractivity contribution in [2.75, 3.05) is 26.3 Å². The van der Waals surface area contributed by atoms with Crippen LogP contribution in [0, 0.1) is 28.4 Å². The van der Waals surface area contributed by atoms with Crippen LogP contribution in [-0.4, -0.2) is 58.8 Å². The number of nitrogens with one attached hydrogen (secondary N) is 1. The van der Waals surface area contributed by atoms with E-state index in [1.165, 1.54) is 12.1 Å². The maximum absolute atomic E-state index is 16.1. The van der Waals surface area contributed by atoms with Gasteiger partial charge in [0.2, 0.25) is 0 Å². The second-order valence-corrected chi connectivity index (χ2v) is 12.2. The summed E-state index contributed by atoms with van der Waals surface area (Å²) in [5.74, 6) is -1.05. The molecule has 39 heavy (non-hydrogen) atoms. The minimum absolute atomic E-state index is 0.0356.